The number of carbonyl (C=O) groups excluding carboxylic acids is 2. The highest BCUT2D eigenvalue weighted by molar-refractivity contribution is 5.79. The van der Waals surface area contributed by atoms with Crippen molar-refractivity contribution in [1.29, 1.82) is 0 Å². The third kappa shape index (κ3) is 5.29. The van der Waals surface area contributed by atoms with Gasteiger partial charge >= 0.3 is 6.03 Å². The fourth-order valence-corrected chi connectivity index (χ4v) is 3.59. The number of nitrogens with one attached hydrogen (secondary N) is 1. The number of carbonyl (C=O) groups is 2. The van der Waals surface area contributed by atoms with Gasteiger partial charge in [-0.15, -0.1) is 0 Å². The topological polar surface area (TPSA) is 91.6 Å². The Balaban J connectivity index is 1.57. The number of aromatic nitrogens is 1. The van der Waals surface area contributed by atoms with Crippen molar-refractivity contribution in [3.05, 3.63) is 65.5 Å². The van der Waals surface area contributed by atoms with Crippen LogP contribution < -0.4 is 11.1 Å². The number of piperazine rings is 1. The molecule has 7 nitrogen and oxygen atoms in total. The van der Waals surface area contributed by atoms with E-state index in [1.165, 1.54) is 5.56 Å². The number of hydrogen-bond donors (Lipinski definition) is 2. The van der Waals surface area contributed by atoms with Gasteiger partial charge in [0.05, 0.1) is 12.5 Å². The molecule has 1 fully saturated rings. The molecule has 1 atom stereocenters. The Morgan fingerprint density at radius 2 is 1.79 bits per heavy atom. The van der Waals surface area contributed by atoms with E-state index in [-0.39, 0.29) is 12.3 Å². The van der Waals surface area contributed by atoms with Gasteiger partial charge in [-0.25, -0.2) is 4.79 Å². The molecule has 1 aliphatic rings. The van der Waals surface area contributed by atoms with E-state index < -0.39 is 12.1 Å². The monoisotopic (exact) mass is 381 g/mol. The van der Waals surface area contributed by atoms with Crippen LogP contribution >= 0.6 is 0 Å². The Hall–Kier alpha value is -2.93. The second-order valence-electron chi connectivity index (χ2n) is 7.13. The summed E-state index contributed by atoms with van der Waals surface area (Å²) in [5.74, 6) is 0.0329. The average molecular weight is 381 g/mol. The standard InChI is InChI=1S/C21H27N5O2/c1-16-4-2-3-5-18(16)19(24-21(22)28)14-20(27)26-12-10-25(11-13-26)15-17-6-8-23-9-7-17/h2-9,19H,10-15H2,1H3,(H3,22,24,28). The predicted molar refractivity (Wildman–Crippen MR) is 107 cm³/mol. The van der Waals surface area contributed by atoms with Gasteiger partial charge in [-0.05, 0) is 35.7 Å². The van der Waals surface area contributed by atoms with Gasteiger partial charge in [-0.3, -0.25) is 14.7 Å². The zero-order chi connectivity index (χ0) is 19.9. The Kier molecular flexibility index (Phi) is 6.60. The summed E-state index contributed by atoms with van der Waals surface area (Å²) < 4.78 is 0. The van der Waals surface area contributed by atoms with Crippen LogP contribution in [-0.4, -0.2) is 52.9 Å². The molecule has 1 aromatic heterocycles. The molecule has 7 heteroatoms. The van der Waals surface area contributed by atoms with Crippen LogP contribution in [0.3, 0.4) is 0 Å². The van der Waals surface area contributed by atoms with Crippen molar-refractivity contribution in [2.45, 2.75) is 25.9 Å². The lowest BCUT2D eigenvalue weighted by Gasteiger charge is -2.35. The van der Waals surface area contributed by atoms with E-state index in [1.54, 1.807) is 12.4 Å². The third-order valence-corrected chi connectivity index (χ3v) is 5.14. The van der Waals surface area contributed by atoms with E-state index in [1.807, 2.05) is 48.2 Å². The molecular formula is C21H27N5O2. The summed E-state index contributed by atoms with van der Waals surface area (Å²) in [5.41, 5.74) is 8.51. The molecule has 0 bridgehead atoms. The zero-order valence-corrected chi connectivity index (χ0v) is 16.2. The normalized spacial score (nSPS) is 15.8. The number of hydrogen-bond acceptors (Lipinski definition) is 4. The first kappa shape index (κ1) is 19.8. The molecule has 0 aliphatic carbocycles. The minimum absolute atomic E-state index is 0.0329. The van der Waals surface area contributed by atoms with Crippen molar-refractivity contribution in [2.24, 2.45) is 5.73 Å². The van der Waals surface area contributed by atoms with Crippen LogP contribution in [-0.2, 0) is 11.3 Å². The maximum absolute atomic E-state index is 12.8. The number of urea groups is 1. The van der Waals surface area contributed by atoms with E-state index >= 15 is 0 Å². The SMILES string of the molecule is Cc1ccccc1C(CC(=O)N1CCN(Cc2ccncc2)CC1)NC(N)=O. The minimum Gasteiger partial charge on any atom is -0.352 e. The minimum atomic E-state index is -0.622. The number of rotatable bonds is 6. The lowest BCUT2D eigenvalue weighted by molar-refractivity contribution is -0.133. The van der Waals surface area contributed by atoms with Gasteiger partial charge in [0.1, 0.15) is 0 Å². The van der Waals surface area contributed by atoms with E-state index in [0.717, 1.165) is 30.8 Å². The largest absolute Gasteiger partial charge is 0.352 e. The smallest absolute Gasteiger partial charge is 0.312 e. The van der Waals surface area contributed by atoms with Gasteiger partial charge in [-0.1, -0.05) is 24.3 Å². The molecule has 3 amide bonds. The van der Waals surface area contributed by atoms with Gasteiger partial charge in [-0.2, -0.15) is 0 Å². The molecule has 148 valence electrons. The lowest BCUT2D eigenvalue weighted by atomic mass is 9.98. The fraction of sp³-hybridized carbons (Fsp3) is 0.381. The summed E-state index contributed by atoms with van der Waals surface area (Å²) >= 11 is 0. The predicted octanol–water partition coefficient (Wildman–Crippen LogP) is 1.83. The van der Waals surface area contributed by atoms with Crippen LogP contribution in [0.1, 0.15) is 29.2 Å². The highest BCUT2D eigenvalue weighted by Crippen LogP contribution is 2.22. The summed E-state index contributed by atoms with van der Waals surface area (Å²) in [5, 5.41) is 2.72. The first-order valence-electron chi connectivity index (χ1n) is 9.53. The van der Waals surface area contributed by atoms with Crippen LogP contribution in [0.2, 0.25) is 0 Å². The van der Waals surface area contributed by atoms with Gasteiger partial charge < -0.3 is 16.0 Å². The molecule has 1 unspecified atom stereocenters. The number of nitrogens with zero attached hydrogens (tertiary/aromatic N) is 3. The van der Waals surface area contributed by atoms with Gasteiger partial charge in [0.25, 0.3) is 0 Å². The van der Waals surface area contributed by atoms with Crippen molar-refractivity contribution in [2.75, 3.05) is 26.2 Å². The molecule has 3 rings (SSSR count). The Morgan fingerprint density at radius 3 is 2.43 bits per heavy atom. The second-order valence-corrected chi connectivity index (χ2v) is 7.13. The van der Waals surface area contributed by atoms with Crippen molar-refractivity contribution < 1.29 is 9.59 Å². The summed E-state index contributed by atoms with van der Waals surface area (Å²) in [7, 11) is 0. The van der Waals surface area contributed by atoms with Crippen LogP contribution in [0.5, 0.6) is 0 Å². The first-order chi connectivity index (χ1) is 13.5. The number of amides is 3. The maximum atomic E-state index is 12.8. The van der Waals surface area contributed by atoms with Crippen molar-refractivity contribution in [3.63, 3.8) is 0 Å². The van der Waals surface area contributed by atoms with Crippen LogP contribution in [0.25, 0.3) is 0 Å². The fourth-order valence-electron chi connectivity index (χ4n) is 3.59. The molecule has 3 N–H and O–H groups in total. The zero-order valence-electron chi connectivity index (χ0n) is 16.2. The molecule has 1 saturated heterocycles. The highest BCUT2D eigenvalue weighted by atomic mass is 16.2. The molecule has 1 aromatic carbocycles. The van der Waals surface area contributed by atoms with Crippen molar-refractivity contribution in [3.8, 4) is 0 Å². The molecule has 2 aromatic rings. The summed E-state index contributed by atoms with van der Waals surface area (Å²) in [4.78, 5) is 32.5. The van der Waals surface area contributed by atoms with Gasteiger partial charge in [0.2, 0.25) is 5.91 Å². The number of benzene rings is 1. The summed E-state index contributed by atoms with van der Waals surface area (Å²) in [6, 6.07) is 10.7. The second kappa shape index (κ2) is 9.32. The summed E-state index contributed by atoms with van der Waals surface area (Å²) in [6.07, 6.45) is 3.80. The summed E-state index contributed by atoms with van der Waals surface area (Å²) in [6.45, 7) is 5.84. The molecule has 1 aliphatic heterocycles. The maximum Gasteiger partial charge on any atom is 0.312 e. The Morgan fingerprint density at radius 1 is 1.11 bits per heavy atom. The molecule has 0 radical (unpaired) electrons. The first-order valence-corrected chi connectivity index (χ1v) is 9.53. The highest BCUT2D eigenvalue weighted by Gasteiger charge is 2.25. The Bertz CT molecular complexity index is 803. The van der Waals surface area contributed by atoms with Crippen LogP contribution in [0, 0.1) is 6.92 Å². The number of primary amides is 1. The van der Waals surface area contributed by atoms with E-state index in [9.17, 15) is 9.59 Å². The molecular weight excluding hydrogens is 354 g/mol. The van der Waals surface area contributed by atoms with E-state index in [2.05, 4.69) is 15.2 Å². The molecule has 0 spiro atoms. The lowest BCUT2D eigenvalue weighted by Crippen LogP contribution is -2.49. The van der Waals surface area contributed by atoms with E-state index in [4.69, 9.17) is 5.73 Å². The molecule has 28 heavy (non-hydrogen) atoms. The van der Waals surface area contributed by atoms with Crippen molar-refractivity contribution >= 4 is 11.9 Å². The Labute approximate surface area is 165 Å². The molecule has 0 saturated carbocycles. The van der Waals surface area contributed by atoms with Crippen molar-refractivity contribution in [1.82, 2.24) is 20.1 Å². The van der Waals surface area contributed by atoms with Gasteiger partial charge in [0, 0.05) is 45.1 Å². The third-order valence-electron chi connectivity index (χ3n) is 5.14. The van der Waals surface area contributed by atoms with E-state index in [0.29, 0.717) is 13.1 Å². The molecule has 2 heterocycles. The number of pyridine rings is 1. The quantitative estimate of drug-likeness (QED) is 0.799. The average Bonchev–Trinajstić information content (AvgIpc) is 2.69. The number of nitrogens with two attached hydrogens (primary N) is 1. The number of aryl methyl sites for hydroxylation is 1. The van der Waals surface area contributed by atoms with Crippen LogP contribution in [0.4, 0.5) is 4.79 Å². The van der Waals surface area contributed by atoms with Crippen LogP contribution in [0.15, 0.2) is 48.8 Å². The van der Waals surface area contributed by atoms with Gasteiger partial charge in [0.15, 0.2) is 0 Å².